The lowest BCUT2D eigenvalue weighted by atomic mass is 10.1. The fourth-order valence-electron chi connectivity index (χ4n) is 4.28. The van der Waals surface area contributed by atoms with Gasteiger partial charge in [0, 0.05) is 55.2 Å². The third-order valence-corrected chi connectivity index (χ3v) is 8.01. The molecule has 6 nitrogen and oxygen atoms in total. The second-order valence-corrected chi connectivity index (χ2v) is 10.4. The average molecular weight is 425 g/mol. The Morgan fingerprint density at radius 1 is 1.14 bits per heavy atom. The number of nitrogens with zero attached hydrogens (tertiary/aromatic N) is 2. The first kappa shape index (κ1) is 19.9. The summed E-state index contributed by atoms with van der Waals surface area (Å²) < 4.78 is 28.9. The van der Waals surface area contributed by atoms with Crippen LogP contribution in [-0.2, 0) is 22.8 Å². The van der Waals surface area contributed by atoms with Gasteiger partial charge in [-0.2, -0.15) is 0 Å². The van der Waals surface area contributed by atoms with Crippen LogP contribution in [0.25, 0.3) is 11.0 Å². The highest BCUT2D eigenvalue weighted by Crippen LogP contribution is 2.27. The summed E-state index contributed by atoms with van der Waals surface area (Å²) in [5.74, 6) is 0.597. The third-order valence-electron chi connectivity index (χ3n) is 5.90. The second kappa shape index (κ2) is 7.78. The molecule has 2 aromatic rings. The molecular weight excluding hydrogens is 400 g/mol. The van der Waals surface area contributed by atoms with E-state index in [0.29, 0.717) is 22.9 Å². The molecule has 3 heterocycles. The smallest absolute Gasteiger partial charge is 0.336 e. The van der Waals surface area contributed by atoms with Crippen molar-refractivity contribution in [3.63, 3.8) is 0 Å². The lowest BCUT2D eigenvalue weighted by Gasteiger charge is -2.37. The van der Waals surface area contributed by atoms with Crippen LogP contribution >= 0.6 is 11.6 Å². The zero-order valence-electron chi connectivity index (χ0n) is 16.0. The maximum Gasteiger partial charge on any atom is 0.336 e. The van der Waals surface area contributed by atoms with Crippen molar-refractivity contribution in [2.45, 2.75) is 32.4 Å². The summed E-state index contributed by atoms with van der Waals surface area (Å²) in [6, 6.07) is 5.47. The van der Waals surface area contributed by atoms with Crippen LogP contribution in [0.3, 0.4) is 0 Å². The quantitative estimate of drug-likeness (QED) is 0.701. The second-order valence-electron chi connectivity index (χ2n) is 7.75. The van der Waals surface area contributed by atoms with E-state index in [9.17, 15) is 13.2 Å². The minimum absolute atomic E-state index is 0.156. The highest BCUT2D eigenvalue weighted by atomic mass is 35.5. The van der Waals surface area contributed by atoms with E-state index in [1.54, 1.807) is 6.07 Å². The monoisotopic (exact) mass is 424 g/mol. The molecule has 0 amide bonds. The Morgan fingerprint density at radius 3 is 2.54 bits per heavy atom. The molecule has 0 spiro atoms. The van der Waals surface area contributed by atoms with E-state index >= 15 is 0 Å². The van der Waals surface area contributed by atoms with Crippen LogP contribution in [0.1, 0.15) is 24.5 Å². The van der Waals surface area contributed by atoms with Gasteiger partial charge < -0.3 is 4.42 Å². The molecule has 8 heteroatoms. The predicted molar refractivity (Wildman–Crippen MR) is 111 cm³/mol. The molecule has 0 unspecified atom stereocenters. The summed E-state index contributed by atoms with van der Waals surface area (Å²) in [5.41, 5.74) is 2.13. The zero-order valence-corrected chi connectivity index (χ0v) is 17.6. The van der Waals surface area contributed by atoms with Crippen molar-refractivity contribution in [1.82, 2.24) is 9.80 Å². The number of rotatable bonds is 4. The molecule has 0 aliphatic carbocycles. The van der Waals surface area contributed by atoms with E-state index in [1.807, 2.05) is 19.1 Å². The predicted octanol–water partition coefficient (Wildman–Crippen LogP) is 2.31. The summed E-state index contributed by atoms with van der Waals surface area (Å²) in [7, 11) is -2.86. The largest absolute Gasteiger partial charge is 0.423 e. The van der Waals surface area contributed by atoms with Gasteiger partial charge in [0.25, 0.3) is 0 Å². The van der Waals surface area contributed by atoms with Crippen molar-refractivity contribution in [2.24, 2.45) is 0 Å². The highest BCUT2D eigenvalue weighted by Gasteiger charge is 2.33. The van der Waals surface area contributed by atoms with Gasteiger partial charge >= 0.3 is 5.63 Å². The molecular formula is C20H25ClN2O4S. The van der Waals surface area contributed by atoms with Crippen molar-refractivity contribution in [2.75, 3.05) is 37.7 Å². The van der Waals surface area contributed by atoms with E-state index in [2.05, 4.69) is 9.80 Å². The molecule has 0 N–H and O–H groups in total. The van der Waals surface area contributed by atoms with Gasteiger partial charge in [-0.05, 0) is 36.1 Å². The van der Waals surface area contributed by atoms with E-state index in [1.165, 1.54) is 0 Å². The van der Waals surface area contributed by atoms with Gasteiger partial charge in [-0.25, -0.2) is 13.2 Å². The maximum atomic E-state index is 12.0. The van der Waals surface area contributed by atoms with Gasteiger partial charge in [-0.15, -0.1) is 0 Å². The van der Waals surface area contributed by atoms with Gasteiger partial charge in [0.05, 0.1) is 11.5 Å². The fourth-order valence-corrected chi connectivity index (χ4v) is 6.34. The molecule has 2 aliphatic rings. The number of piperazine rings is 1. The first-order valence-corrected chi connectivity index (χ1v) is 12.0. The minimum Gasteiger partial charge on any atom is -0.423 e. The van der Waals surface area contributed by atoms with Gasteiger partial charge in [-0.3, -0.25) is 9.80 Å². The Labute approximate surface area is 170 Å². The van der Waals surface area contributed by atoms with Crippen molar-refractivity contribution >= 4 is 32.4 Å². The first-order valence-electron chi connectivity index (χ1n) is 9.76. The molecule has 1 aromatic heterocycles. The number of aryl methyl sites for hydroxylation is 1. The molecule has 4 rings (SSSR count). The van der Waals surface area contributed by atoms with Crippen LogP contribution in [0.5, 0.6) is 0 Å². The van der Waals surface area contributed by atoms with Crippen molar-refractivity contribution < 1.29 is 12.8 Å². The van der Waals surface area contributed by atoms with E-state index in [0.717, 1.165) is 55.5 Å². The number of fused-ring (bicyclic) bond motifs is 1. The number of sulfone groups is 1. The standard InChI is InChI=1S/C20H25ClN2O4S/c1-2-14-9-19-17(11-18(14)21)15(10-20(24)27-19)12-22-4-6-23(7-5-22)16-3-8-28(25,26)13-16/h9-11,16H,2-8,12-13H2,1H3/t16-/m1/s1. The van der Waals surface area contributed by atoms with Gasteiger partial charge in [0.15, 0.2) is 9.84 Å². The van der Waals surface area contributed by atoms with Crippen LogP contribution < -0.4 is 5.63 Å². The number of hydrogen-bond donors (Lipinski definition) is 0. The number of halogens is 1. The zero-order chi connectivity index (χ0) is 19.9. The summed E-state index contributed by atoms with van der Waals surface area (Å²) in [6.45, 7) is 6.06. The Kier molecular flexibility index (Phi) is 5.53. The molecule has 0 bridgehead atoms. The first-order chi connectivity index (χ1) is 13.3. The molecule has 0 saturated carbocycles. The van der Waals surface area contributed by atoms with Crippen LogP contribution in [0.2, 0.25) is 5.02 Å². The topological polar surface area (TPSA) is 70.8 Å². The lowest BCUT2D eigenvalue weighted by Crippen LogP contribution is -2.50. The van der Waals surface area contributed by atoms with E-state index in [-0.39, 0.29) is 17.4 Å². The Bertz CT molecular complexity index is 1040. The normalized spacial score (nSPS) is 23.4. The SMILES string of the molecule is CCc1cc2oc(=O)cc(CN3CCN([C@@H]4CCS(=O)(=O)C4)CC3)c2cc1Cl. The number of hydrogen-bond acceptors (Lipinski definition) is 6. The van der Waals surface area contributed by atoms with Crippen LogP contribution in [-0.4, -0.2) is 61.9 Å². The molecule has 1 atom stereocenters. The van der Waals surface area contributed by atoms with Crippen LogP contribution in [0.15, 0.2) is 27.4 Å². The van der Waals surface area contributed by atoms with Gasteiger partial charge in [0.1, 0.15) is 5.58 Å². The molecule has 2 saturated heterocycles. The fraction of sp³-hybridized carbons (Fsp3) is 0.550. The molecule has 2 aliphatic heterocycles. The Morgan fingerprint density at radius 2 is 1.89 bits per heavy atom. The van der Waals surface area contributed by atoms with Crippen molar-refractivity contribution in [1.29, 1.82) is 0 Å². The van der Waals surface area contributed by atoms with Crippen molar-refractivity contribution in [3.05, 3.63) is 44.8 Å². The Hall–Kier alpha value is -1.41. The highest BCUT2D eigenvalue weighted by molar-refractivity contribution is 7.91. The lowest BCUT2D eigenvalue weighted by molar-refractivity contribution is 0.100. The summed E-state index contributed by atoms with van der Waals surface area (Å²) in [5, 5.41) is 1.57. The van der Waals surface area contributed by atoms with Gasteiger partial charge in [-0.1, -0.05) is 18.5 Å². The van der Waals surface area contributed by atoms with Crippen LogP contribution in [0.4, 0.5) is 0 Å². The molecule has 152 valence electrons. The third kappa shape index (κ3) is 4.13. The average Bonchev–Trinajstić information content (AvgIpc) is 3.02. The maximum absolute atomic E-state index is 12.0. The summed E-state index contributed by atoms with van der Waals surface area (Å²) in [6.07, 6.45) is 1.52. The summed E-state index contributed by atoms with van der Waals surface area (Å²) in [4.78, 5) is 16.6. The molecule has 28 heavy (non-hydrogen) atoms. The molecule has 2 fully saturated rings. The van der Waals surface area contributed by atoms with E-state index < -0.39 is 9.84 Å². The Balaban J connectivity index is 1.49. The van der Waals surface area contributed by atoms with Gasteiger partial charge in [0.2, 0.25) is 0 Å². The number of benzene rings is 1. The minimum atomic E-state index is -2.86. The van der Waals surface area contributed by atoms with E-state index in [4.69, 9.17) is 16.0 Å². The summed E-state index contributed by atoms with van der Waals surface area (Å²) >= 11 is 6.38. The molecule has 1 aromatic carbocycles. The van der Waals surface area contributed by atoms with Crippen molar-refractivity contribution in [3.8, 4) is 0 Å². The van der Waals surface area contributed by atoms with Crippen LogP contribution in [0, 0.1) is 0 Å². The molecule has 0 radical (unpaired) electrons.